The fraction of sp³-hybridized carbons (Fsp3) is 0.296. The number of allylic oxidation sites excluding steroid dienone is 1. The van der Waals surface area contributed by atoms with Gasteiger partial charge in [0.25, 0.3) is 0 Å². The fourth-order valence-corrected chi connectivity index (χ4v) is 6.99. The lowest BCUT2D eigenvalue weighted by Crippen LogP contribution is -2.53. The summed E-state index contributed by atoms with van der Waals surface area (Å²) in [6.07, 6.45) is 1.61. The van der Waals surface area contributed by atoms with Crippen LogP contribution in [0.15, 0.2) is 69.1 Å². The van der Waals surface area contributed by atoms with Crippen molar-refractivity contribution in [2.24, 2.45) is 35.5 Å². The minimum absolute atomic E-state index is 0.117. The van der Waals surface area contributed by atoms with Gasteiger partial charge in [0.2, 0.25) is 23.6 Å². The molecular formula is C27H20Br2N2O6. The first-order chi connectivity index (χ1) is 17.7. The van der Waals surface area contributed by atoms with Crippen LogP contribution in [0.2, 0.25) is 0 Å². The first kappa shape index (κ1) is 24.2. The number of benzene rings is 2. The van der Waals surface area contributed by atoms with Gasteiger partial charge in [0.1, 0.15) is 0 Å². The van der Waals surface area contributed by atoms with E-state index in [1.54, 1.807) is 61.5 Å². The summed E-state index contributed by atoms with van der Waals surface area (Å²) in [6.45, 7) is 1.79. The number of ether oxygens (including phenoxy) is 1. The van der Waals surface area contributed by atoms with Gasteiger partial charge in [0.15, 0.2) is 0 Å². The topological polar surface area (TPSA) is 101 Å². The molecule has 2 bridgehead atoms. The van der Waals surface area contributed by atoms with Crippen LogP contribution in [0, 0.1) is 35.5 Å². The molecule has 1 saturated carbocycles. The van der Waals surface area contributed by atoms with Gasteiger partial charge in [-0.05, 0) is 55.5 Å². The van der Waals surface area contributed by atoms with Crippen LogP contribution in [-0.4, -0.2) is 36.2 Å². The third-order valence-corrected chi connectivity index (χ3v) is 8.87. The highest BCUT2D eigenvalue weighted by Crippen LogP contribution is 2.61. The van der Waals surface area contributed by atoms with E-state index in [2.05, 4.69) is 31.9 Å². The summed E-state index contributed by atoms with van der Waals surface area (Å²) in [5.41, 5.74) is 1.01. The van der Waals surface area contributed by atoms with Crippen LogP contribution in [0.1, 0.15) is 6.92 Å². The lowest BCUT2D eigenvalue weighted by atomic mass is 9.52. The predicted molar refractivity (Wildman–Crippen MR) is 139 cm³/mol. The number of hydrogen-bond donors (Lipinski definition) is 0. The molecule has 0 spiro atoms. The Morgan fingerprint density at radius 3 is 1.51 bits per heavy atom. The SMILES string of the molecule is CCOC(=O)C1=CC2[C@H]3C(=O)N(c4ccc(Br)cc4)C(=O)[C@@H]3C1[C@@H]1C(=O)N(c3ccc(Br)cc3)C(=O)[C@H]21. The molecule has 2 aromatic carbocycles. The van der Waals surface area contributed by atoms with Crippen molar-refractivity contribution >= 4 is 72.8 Å². The second-order valence-corrected chi connectivity index (χ2v) is 11.4. The molecule has 2 aromatic rings. The molecule has 3 fully saturated rings. The van der Waals surface area contributed by atoms with E-state index in [-0.39, 0.29) is 12.2 Å². The standard InChI is InChI=1S/C27H20Br2N2O6/c1-2-37-27(36)17-11-16-19-21(25(34)30(23(19)32)14-7-3-12(28)4-8-14)18(17)22-20(16)24(33)31(26(22)35)15-9-5-13(29)6-10-15/h3-11,16,18-22H,2H2,1H3/t16?,18?,19-,20-,21-,22+/m1/s1. The normalized spacial score (nSPS) is 30.0. The van der Waals surface area contributed by atoms with E-state index in [1.165, 1.54) is 0 Å². The Morgan fingerprint density at radius 1 is 0.703 bits per heavy atom. The summed E-state index contributed by atoms with van der Waals surface area (Å²) in [7, 11) is 0. The number of halogens is 2. The molecule has 0 radical (unpaired) electrons. The van der Waals surface area contributed by atoms with Crippen LogP contribution < -0.4 is 9.80 Å². The van der Waals surface area contributed by atoms with Gasteiger partial charge < -0.3 is 4.74 Å². The van der Waals surface area contributed by atoms with E-state index < -0.39 is 65.1 Å². The van der Waals surface area contributed by atoms with E-state index in [0.717, 1.165) is 18.7 Å². The second kappa shape index (κ2) is 8.73. The Hall–Kier alpha value is -3.11. The Morgan fingerprint density at radius 2 is 1.11 bits per heavy atom. The van der Waals surface area contributed by atoms with Crippen molar-refractivity contribution in [2.45, 2.75) is 6.92 Å². The Balaban J connectivity index is 1.46. The Kier molecular flexibility index (Phi) is 5.72. The summed E-state index contributed by atoms with van der Waals surface area (Å²) in [4.78, 5) is 70.3. The van der Waals surface area contributed by atoms with Crippen molar-refractivity contribution in [1.82, 2.24) is 0 Å². The maximum Gasteiger partial charge on any atom is 0.334 e. The minimum Gasteiger partial charge on any atom is -0.463 e. The molecule has 6 atom stereocenters. The molecule has 2 aliphatic heterocycles. The summed E-state index contributed by atoms with van der Waals surface area (Å²) in [5, 5.41) is 0. The number of amides is 4. The van der Waals surface area contributed by atoms with E-state index in [1.807, 2.05) is 0 Å². The zero-order valence-corrected chi connectivity index (χ0v) is 22.6. The molecule has 0 aromatic heterocycles. The molecular weight excluding hydrogens is 608 g/mol. The Bertz CT molecular complexity index is 1310. The molecule has 2 saturated heterocycles. The van der Waals surface area contributed by atoms with Gasteiger partial charge in [-0.25, -0.2) is 4.79 Å². The quantitative estimate of drug-likeness (QED) is 0.377. The van der Waals surface area contributed by atoms with E-state index in [4.69, 9.17) is 4.74 Å². The van der Waals surface area contributed by atoms with Gasteiger partial charge in [-0.15, -0.1) is 0 Å². The molecule has 10 heteroatoms. The van der Waals surface area contributed by atoms with Gasteiger partial charge in [0.05, 0.1) is 41.7 Å². The number of imide groups is 2. The van der Waals surface area contributed by atoms with Crippen molar-refractivity contribution in [2.75, 3.05) is 16.4 Å². The highest BCUT2D eigenvalue weighted by atomic mass is 79.9. The van der Waals surface area contributed by atoms with Gasteiger partial charge in [-0.1, -0.05) is 37.9 Å². The first-order valence-electron chi connectivity index (χ1n) is 11.9. The van der Waals surface area contributed by atoms with Crippen molar-refractivity contribution in [3.63, 3.8) is 0 Å². The number of carbonyl (C=O) groups excluding carboxylic acids is 5. The fourth-order valence-electron chi connectivity index (χ4n) is 6.46. The number of rotatable bonds is 4. The average Bonchev–Trinajstić information content (AvgIpc) is 3.32. The van der Waals surface area contributed by atoms with E-state index >= 15 is 0 Å². The maximum atomic E-state index is 13.8. The number of hydrogen-bond acceptors (Lipinski definition) is 6. The Labute approximate surface area is 228 Å². The van der Waals surface area contributed by atoms with Gasteiger partial charge in [-0.3, -0.25) is 29.0 Å². The molecule has 2 heterocycles. The van der Waals surface area contributed by atoms with Gasteiger partial charge in [0, 0.05) is 26.4 Å². The van der Waals surface area contributed by atoms with Crippen LogP contribution >= 0.6 is 31.9 Å². The minimum atomic E-state index is -0.937. The van der Waals surface area contributed by atoms with Crippen molar-refractivity contribution in [3.8, 4) is 0 Å². The first-order valence-corrected chi connectivity index (χ1v) is 13.5. The molecule has 37 heavy (non-hydrogen) atoms. The van der Waals surface area contributed by atoms with Gasteiger partial charge >= 0.3 is 5.97 Å². The summed E-state index contributed by atoms with van der Waals surface area (Å²) in [5.74, 6) is -7.70. The molecule has 7 rings (SSSR count). The van der Waals surface area contributed by atoms with Crippen LogP contribution in [0.4, 0.5) is 11.4 Å². The molecule has 5 aliphatic rings. The largest absolute Gasteiger partial charge is 0.463 e. The average molecular weight is 628 g/mol. The summed E-state index contributed by atoms with van der Waals surface area (Å²) >= 11 is 6.71. The zero-order chi connectivity index (χ0) is 26.2. The lowest BCUT2D eigenvalue weighted by molar-refractivity contribution is -0.146. The number of anilines is 2. The highest BCUT2D eigenvalue weighted by molar-refractivity contribution is 9.10. The van der Waals surface area contributed by atoms with Crippen LogP contribution in [0.25, 0.3) is 0 Å². The molecule has 188 valence electrons. The van der Waals surface area contributed by atoms with Crippen LogP contribution in [-0.2, 0) is 28.7 Å². The second-order valence-electron chi connectivity index (χ2n) is 9.53. The monoisotopic (exact) mass is 626 g/mol. The summed E-state index contributed by atoms with van der Waals surface area (Å²) in [6, 6.07) is 13.5. The van der Waals surface area contributed by atoms with Crippen molar-refractivity contribution < 1.29 is 28.7 Å². The zero-order valence-electron chi connectivity index (χ0n) is 19.5. The third kappa shape index (κ3) is 3.41. The van der Waals surface area contributed by atoms with Crippen LogP contribution in [0.3, 0.4) is 0 Å². The number of carbonyl (C=O) groups is 5. The van der Waals surface area contributed by atoms with Crippen molar-refractivity contribution in [3.05, 3.63) is 69.1 Å². The van der Waals surface area contributed by atoms with E-state index in [0.29, 0.717) is 11.4 Å². The molecule has 3 aliphatic carbocycles. The molecule has 2 unspecified atom stereocenters. The van der Waals surface area contributed by atoms with Gasteiger partial charge in [-0.2, -0.15) is 0 Å². The van der Waals surface area contributed by atoms with E-state index in [9.17, 15) is 24.0 Å². The summed E-state index contributed by atoms with van der Waals surface area (Å²) < 4.78 is 6.85. The number of nitrogens with zero attached hydrogens (tertiary/aromatic N) is 2. The predicted octanol–water partition coefficient (Wildman–Crippen LogP) is 3.87. The van der Waals surface area contributed by atoms with Crippen LogP contribution in [0.5, 0.6) is 0 Å². The van der Waals surface area contributed by atoms with Crippen molar-refractivity contribution in [1.29, 1.82) is 0 Å². The smallest absolute Gasteiger partial charge is 0.334 e. The third-order valence-electron chi connectivity index (χ3n) is 7.81. The highest BCUT2D eigenvalue weighted by Gasteiger charge is 2.71. The molecule has 0 N–H and O–H groups in total. The molecule has 8 nitrogen and oxygen atoms in total. The maximum absolute atomic E-state index is 13.8. The number of esters is 1. The molecule has 4 amide bonds. The lowest BCUT2D eigenvalue weighted by Gasteiger charge is -2.46.